The van der Waals surface area contributed by atoms with Crippen LogP contribution in [0.15, 0.2) is 79.6 Å². The van der Waals surface area contributed by atoms with Crippen LogP contribution in [0, 0.1) is 5.82 Å². The molecule has 0 saturated carbocycles. The summed E-state index contributed by atoms with van der Waals surface area (Å²) >= 11 is 0. The summed E-state index contributed by atoms with van der Waals surface area (Å²) in [5.41, 5.74) is 1.33. The van der Waals surface area contributed by atoms with Crippen molar-refractivity contribution in [3.05, 3.63) is 91.0 Å². The van der Waals surface area contributed by atoms with Crippen LogP contribution >= 0.6 is 0 Å². The Morgan fingerprint density at radius 1 is 1.00 bits per heavy atom. The van der Waals surface area contributed by atoms with Crippen molar-refractivity contribution < 1.29 is 9.18 Å². The Kier molecular flexibility index (Phi) is 4.75. The van der Waals surface area contributed by atoms with Crippen LogP contribution < -0.4 is 10.6 Å². The number of aromatic nitrogens is 4. The largest absolute Gasteiger partial charge is 0.340 e. The summed E-state index contributed by atoms with van der Waals surface area (Å²) < 4.78 is 15.5. The number of nitrogens with one attached hydrogen (secondary N) is 2. The van der Waals surface area contributed by atoms with E-state index in [-0.39, 0.29) is 5.56 Å². The smallest absolute Gasteiger partial charge is 0.258 e. The van der Waals surface area contributed by atoms with Crippen molar-refractivity contribution in [2.24, 2.45) is 0 Å². The number of halogens is 1. The van der Waals surface area contributed by atoms with E-state index in [0.717, 1.165) is 5.69 Å². The number of benzene rings is 2. The van der Waals surface area contributed by atoms with Gasteiger partial charge in [0.1, 0.15) is 30.1 Å². The van der Waals surface area contributed by atoms with Gasteiger partial charge >= 0.3 is 0 Å². The molecule has 0 radical (unpaired) electrons. The van der Waals surface area contributed by atoms with Crippen LogP contribution in [0.1, 0.15) is 10.4 Å². The molecule has 0 aliphatic rings. The molecule has 4 aromatic rings. The molecule has 8 heteroatoms. The van der Waals surface area contributed by atoms with Gasteiger partial charge in [0.25, 0.3) is 5.91 Å². The Labute approximate surface area is 159 Å². The van der Waals surface area contributed by atoms with Gasteiger partial charge in [-0.25, -0.2) is 19.3 Å². The molecule has 4 rings (SSSR count). The zero-order chi connectivity index (χ0) is 19.3. The lowest BCUT2D eigenvalue weighted by Gasteiger charge is -2.09. The lowest BCUT2D eigenvalue weighted by atomic mass is 10.2. The maximum Gasteiger partial charge on any atom is 0.258 e. The quantitative estimate of drug-likeness (QED) is 0.555. The van der Waals surface area contributed by atoms with Gasteiger partial charge in [0, 0.05) is 29.8 Å². The topological polar surface area (TPSA) is 84.7 Å². The fraction of sp³-hybridized carbons (Fsp3) is 0. The van der Waals surface area contributed by atoms with E-state index in [2.05, 4.69) is 25.6 Å². The van der Waals surface area contributed by atoms with Gasteiger partial charge in [0.15, 0.2) is 0 Å². The second kappa shape index (κ2) is 7.67. The van der Waals surface area contributed by atoms with Crippen LogP contribution in [0.25, 0.3) is 5.82 Å². The van der Waals surface area contributed by atoms with Crippen molar-refractivity contribution in [3.8, 4) is 5.82 Å². The Morgan fingerprint density at radius 3 is 2.54 bits per heavy atom. The summed E-state index contributed by atoms with van der Waals surface area (Å²) in [6.45, 7) is 0. The normalized spacial score (nSPS) is 10.5. The molecule has 2 aromatic carbocycles. The van der Waals surface area contributed by atoms with Crippen molar-refractivity contribution in [2.45, 2.75) is 0 Å². The third-order valence-electron chi connectivity index (χ3n) is 3.96. The molecule has 138 valence electrons. The molecule has 0 spiro atoms. The van der Waals surface area contributed by atoms with Crippen LogP contribution in [0.5, 0.6) is 0 Å². The average Bonchev–Trinajstić information content (AvgIpc) is 3.25. The van der Waals surface area contributed by atoms with Gasteiger partial charge in [-0.05, 0) is 36.4 Å². The number of nitrogens with zero attached hydrogens (tertiary/aromatic N) is 4. The van der Waals surface area contributed by atoms with E-state index in [1.807, 2.05) is 0 Å². The fourth-order valence-electron chi connectivity index (χ4n) is 2.58. The van der Waals surface area contributed by atoms with E-state index >= 15 is 0 Å². The molecule has 0 aliphatic carbocycles. The first-order valence-electron chi connectivity index (χ1n) is 8.42. The number of rotatable bonds is 5. The highest BCUT2D eigenvalue weighted by Gasteiger charge is 2.11. The van der Waals surface area contributed by atoms with E-state index in [1.165, 1.54) is 24.5 Å². The number of carbonyl (C=O) groups is 1. The van der Waals surface area contributed by atoms with Gasteiger partial charge in [-0.15, -0.1) is 0 Å². The molecule has 28 heavy (non-hydrogen) atoms. The number of anilines is 3. The molecule has 0 atom stereocenters. The first kappa shape index (κ1) is 17.3. The first-order valence-corrected chi connectivity index (χ1v) is 8.42. The maximum absolute atomic E-state index is 13.7. The lowest BCUT2D eigenvalue weighted by molar-refractivity contribution is 0.102. The third-order valence-corrected chi connectivity index (χ3v) is 3.96. The zero-order valence-electron chi connectivity index (χ0n) is 14.6. The highest BCUT2D eigenvalue weighted by molar-refractivity contribution is 6.04. The molecule has 0 unspecified atom stereocenters. The van der Waals surface area contributed by atoms with Gasteiger partial charge in [-0.3, -0.25) is 9.36 Å². The fourth-order valence-corrected chi connectivity index (χ4v) is 2.58. The standard InChI is InChI=1S/C20H15FN6O/c21-17-4-2-1-3-16(17)20(28)26-15-7-5-14(6-8-15)25-18-11-19(24-12-23-18)27-10-9-22-13-27/h1-13H,(H,26,28)(H,23,24,25). The van der Waals surface area contributed by atoms with Gasteiger partial charge in [0.2, 0.25) is 0 Å². The first-order chi connectivity index (χ1) is 13.7. The summed E-state index contributed by atoms with van der Waals surface area (Å²) in [5.74, 6) is 0.237. The second-order valence-corrected chi connectivity index (χ2v) is 5.87. The van der Waals surface area contributed by atoms with Crippen LogP contribution in [0.2, 0.25) is 0 Å². The minimum Gasteiger partial charge on any atom is -0.340 e. The monoisotopic (exact) mass is 374 g/mol. The molecule has 2 N–H and O–H groups in total. The average molecular weight is 374 g/mol. The van der Waals surface area contributed by atoms with Crippen molar-refractivity contribution in [1.29, 1.82) is 0 Å². The molecule has 0 bridgehead atoms. The molecule has 0 saturated heterocycles. The van der Waals surface area contributed by atoms with Crippen LogP contribution in [0.4, 0.5) is 21.6 Å². The predicted molar refractivity (Wildman–Crippen MR) is 103 cm³/mol. The van der Waals surface area contributed by atoms with Gasteiger partial charge < -0.3 is 10.6 Å². The van der Waals surface area contributed by atoms with Crippen molar-refractivity contribution in [1.82, 2.24) is 19.5 Å². The molecular formula is C20H15FN6O. The molecule has 2 heterocycles. The van der Waals surface area contributed by atoms with Crippen molar-refractivity contribution >= 4 is 23.1 Å². The summed E-state index contributed by atoms with van der Waals surface area (Å²) in [4.78, 5) is 24.6. The predicted octanol–water partition coefficient (Wildman–Crippen LogP) is 3.80. The van der Waals surface area contributed by atoms with E-state index in [1.54, 1.807) is 59.7 Å². The van der Waals surface area contributed by atoms with Crippen LogP contribution in [-0.4, -0.2) is 25.4 Å². The number of hydrogen-bond donors (Lipinski definition) is 2. The summed E-state index contributed by atoms with van der Waals surface area (Å²) in [7, 11) is 0. The highest BCUT2D eigenvalue weighted by Crippen LogP contribution is 2.19. The number of hydrogen-bond acceptors (Lipinski definition) is 5. The third kappa shape index (κ3) is 3.85. The lowest BCUT2D eigenvalue weighted by Crippen LogP contribution is -2.13. The van der Waals surface area contributed by atoms with E-state index < -0.39 is 11.7 Å². The zero-order valence-corrected chi connectivity index (χ0v) is 14.6. The van der Waals surface area contributed by atoms with E-state index in [4.69, 9.17) is 0 Å². The Bertz CT molecular complexity index is 1100. The number of imidazole rings is 1. The minimum absolute atomic E-state index is 0.00211. The Hall–Kier alpha value is -4.07. The van der Waals surface area contributed by atoms with Crippen molar-refractivity contribution in [2.75, 3.05) is 10.6 Å². The van der Waals surface area contributed by atoms with Gasteiger partial charge in [-0.2, -0.15) is 0 Å². The Balaban J connectivity index is 1.45. The summed E-state index contributed by atoms with van der Waals surface area (Å²) in [6.07, 6.45) is 6.57. The van der Waals surface area contributed by atoms with Crippen LogP contribution in [-0.2, 0) is 0 Å². The van der Waals surface area contributed by atoms with Crippen LogP contribution in [0.3, 0.4) is 0 Å². The molecule has 1 amide bonds. The second-order valence-electron chi connectivity index (χ2n) is 5.87. The maximum atomic E-state index is 13.7. The molecular weight excluding hydrogens is 359 g/mol. The molecule has 0 aliphatic heterocycles. The van der Waals surface area contributed by atoms with Crippen molar-refractivity contribution in [3.63, 3.8) is 0 Å². The van der Waals surface area contributed by atoms with E-state index in [9.17, 15) is 9.18 Å². The molecule has 7 nitrogen and oxygen atoms in total. The van der Waals surface area contributed by atoms with Gasteiger partial charge in [0.05, 0.1) is 5.56 Å². The minimum atomic E-state index is -0.559. The SMILES string of the molecule is O=C(Nc1ccc(Nc2cc(-n3ccnc3)ncn2)cc1)c1ccccc1F. The summed E-state index contributed by atoms with van der Waals surface area (Å²) in [6, 6.07) is 14.7. The number of amides is 1. The molecule has 2 aromatic heterocycles. The summed E-state index contributed by atoms with van der Waals surface area (Å²) in [5, 5.41) is 5.85. The molecule has 0 fully saturated rings. The van der Waals surface area contributed by atoms with E-state index in [0.29, 0.717) is 17.3 Å². The number of carbonyl (C=O) groups excluding carboxylic acids is 1. The van der Waals surface area contributed by atoms with Gasteiger partial charge in [-0.1, -0.05) is 12.1 Å². The highest BCUT2D eigenvalue weighted by atomic mass is 19.1. The Morgan fingerprint density at radius 2 is 1.79 bits per heavy atom.